The second-order valence-corrected chi connectivity index (χ2v) is 8.55. The van der Waals surface area contributed by atoms with Crippen molar-refractivity contribution in [1.82, 2.24) is 5.32 Å². The molecule has 1 atom stereocenters. The normalized spacial score (nSPS) is 23.8. The number of anilines is 1. The maximum absolute atomic E-state index is 12.7. The summed E-state index contributed by atoms with van der Waals surface area (Å²) in [5, 5.41) is 3.03. The molecule has 8 heteroatoms. The van der Waals surface area contributed by atoms with Crippen molar-refractivity contribution in [2.24, 2.45) is 11.3 Å². The van der Waals surface area contributed by atoms with Gasteiger partial charge in [-0.1, -0.05) is 0 Å². The Balaban J connectivity index is 1.25. The van der Waals surface area contributed by atoms with Crippen molar-refractivity contribution in [2.45, 2.75) is 38.4 Å². The molecule has 3 fully saturated rings. The lowest BCUT2D eigenvalue weighted by molar-refractivity contribution is -0.168. The van der Waals surface area contributed by atoms with E-state index in [-0.39, 0.29) is 35.9 Å². The molecule has 0 radical (unpaired) electrons. The molecule has 8 nitrogen and oxygen atoms in total. The summed E-state index contributed by atoms with van der Waals surface area (Å²) in [5.74, 6) is 0.328. The summed E-state index contributed by atoms with van der Waals surface area (Å²) in [4.78, 5) is 26.8. The molecule has 0 aliphatic carbocycles. The van der Waals surface area contributed by atoms with Gasteiger partial charge in [-0.05, 0) is 49.9 Å². The Hall–Kier alpha value is -2.16. The highest BCUT2D eigenvalue weighted by Crippen LogP contribution is 2.42. The van der Waals surface area contributed by atoms with Crippen molar-refractivity contribution in [3.8, 4) is 5.75 Å². The van der Waals surface area contributed by atoms with Crippen molar-refractivity contribution in [2.75, 3.05) is 51.5 Å². The summed E-state index contributed by atoms with van der Waals surface area (Å²) in [6, 6.07) is 7.33. The summed E-state index contributed by atoms with van der Waals surface area (Å²) in [5.41, 5.74) is 0.757. The molecular weight excluding hydrogens is 400 g/mol. The summed E-state index contributed by atoms with van der Waals surface area (Å²) in [6.45, 7) is 3.72. The highest BCUT2D eigenvalue weighted by Gasteiger charge is 2.43. The molecule has 4 rings (SSSR count). The number of benzene rings is 1. The summed E-state index contributed by atoms with van der Waals surface area (Å²) >= 11 is 0. The van der Waals surface area contributed by atoms with E-state index in [2.05, 4.69) is 5.32 Å². The number of amides is 2. The number of carbonyl (C=O) groups is 2. The molecule has 3 heterocycles. The Labute approximate surface area is 183 Å². The average molecular weight is 433 g/mol. The largest absolute Gasteiger partial charge is 0.497 e. The molecule has 1 N–H and O–H groups in total. The van der Waals surface area contributed by atoms with Crippen LogP contribution in [0, 0.1) is 11.3 Å². The molecule has 3 aliphatic heterocycles. The first-order chi connectivity index (χ1) is 15.1. The molecule has 3 saturated heterocycles. The van der Waals surface area contributed by atoms with Gasteiger partial charge >= 0.3 is 0 Å². The monoisotopic (exact) mass is 432 g/mol. The van der Waals surface area contributed by atoms with Crippen molar-refractivity contribution in [3.63, 3.8) is 0 Å². The van der Waals surface area contributed by atoms with E-state index in [0.29, 0.717) is 26.3 Å². The Kier molecular flexibility index (Phi) is 7.09. The van der Waals surface area contributed by atoms with Crippen LogP contribution in [0.4, 0.5) is 5.69 Å². The number of hydrogen-bond acceptors (Lipinski definition) is 6. The average Bonchev–Trinajstić information content (AvgIpc) is 3.48. The molecule has 170 valence electrons. The molecule has 0 spiro atoms. The second-order valence-electron chi connectivity index (χ2n) is 8.55. The number of nitrogens with zero attached hydrogens (tertiary/aromatic N) is 1. The number of hydrogen-bond donors (Lipinski definition) is 1. The van der Waals surface area contributed by atoms with E-state index >= 15 is 0 Å². The molecule has 1 aromatic carbocycles. The molecule has 0 unspecified atom stereocenters. The van der Waals surface area contributed by atoms with Crippen LogP contribution in [0.15, 0.2) is 24.3 Å². The SMILES string of the molecule is COc1ccc(N2C[C@@H](C(=O)NCCCC3(C4OCCO4)CCOCC3)CC2=O)cc1. The molecule has 3 aliphatic rings. The van der Waals surface area contributed by atoms with Gasteiger partial charge in [-0.15, -0.1) is 0 Å². The minimum Gasteiger partial charge on any atom is -0.497 e. The van der Waals surface area contributed by atoms with Crippen LogP contribution in [0.5, 0.6) is 5.75 Å². The summed E-state index contributed by atoms with van der Waals surface area (Å²) in [7, 11) is 1.61. The number of carbonyl (C=O) groups excluding carboxylic acids is 2. The molecule has 2 amide bonds. The fraction of sp³-hybridized carbons (Fsp3) is 0.652. The van der Waals surface area contributed by atoms with Gasteiger partial charge in [0.25, 0.3) is 0 Å². The molecule has 31 heavy (non-hydrogen) atoms. The third-order valence-electron chi connectivity index (χ3n) is 6.64. The van der Waals surface area contributed by atoms with Gasteiger partial charge in [0.1, 0.15) is 5.75 Å². The zero-order valence-electron chi connectivity index (χ0n) is 18.1. The number of ether oxygens (including phenoxy) is 4. The number of nitrogens with one attached hydrogen (secondary N) is 1. The Morgan fingerprint density at radius 1 is 1.16 bits per heavy atom. The van der Waals surface area contributed by atoms with Crippen molar-refractivity contribution in [3.05, 3.63) is 24.3 Å². The van der Waals surface area contributed by atoms with Gasteiger partial charge in [-0.2, -0.15) is 0 Å². The zero-order valence-corrected chi connectivity index (χ0v) is 18.1. The second kappa shape index (κ2) is 9.97. The lowest BCUT2D eigenvalue weighted by Gasteiger charge is -2.40. The van der Waals surface area contributed by atoms with Gasteiger partial charge in [0.05, 0.1) is 26.2 Å². The van der Waals surface area contributed by atoms with Gasteiger partial charge in [0.2, 0.25) is 11.8 Å². The van der Waals surface area contributed by atoms with E-state index in [1.807, 2.05) is 24.3 Å². The Morgan fingerprint density at radius 2 is 1.87 bits per heavy atom. The van der Waals surface area contributed by atoms with E-state index in [1.54, 1.807) is 12.0 Å². The first-order valence-electron chi connectivity index (χ1n) is 11.1. The Morgan fingerprint density at radius 3 is 2.55 bits per heavy atom. The minimum absolute atomic E-state index is 0.0259. The van der Waals surface area contributed by atoms with E-state index in [4.69, 9.17) is 18.9 Å². The van der Waals surface area contributed by atoms with E-state index in [9.17, 15) is 9.59 Å². The lowest BCUT2D eigenvalue weighted by Crippen LogP contribution is -2.42. The lowest BCUT2D eigenvalue weighted by atomic mass is 9.75. The molecule has 0 bridgehead atoms. The van der Waals surface area contributed by atoms with Crippen LogP contribution in [0.3, 0.4) is 0 Å². The first kappa shape index (κ1) is 22.0. The van der Waals surface area contributed by atoms with Gasteiger partial charge < -0.3 is 29.2 Å². The summed E-state index contributed by atoms with van der Waals surface area (Å²) < 4.78 is 22.3. The highest BCUT2D eigenvalue weighted by molar-refractivity contribution is 6.00. The quantitative estimate of drug-likeness (QED) is 0.634. The molecule has 1 aromatic rings. The predicted octanol–water partition coefficient (Wildman–Crippen LogP) is 2.11. The smallest absolute Gasteiger partial charge is 0.227 e. The predicted molar refractivity (Wildman–Crippen MR) is 114 cm³/mol. The van der Waals surface area contributed by atoms with Gasteiger partial charge in [0.15, 0.2) is 6.29 Å². The van der Waals surface area contributed by atoms with Crippen molar-refractivity contribution < 1.29 is 28.5 Å². The van der Waals surface area contributed by atoms with E-state index < -0.39 is 0 Å². The third kappa shape index (κ3) is 5.02. The highest BCUT2D eigenvalue weighted by atomic mass is 16.7. The standard InChI is InChI=1S/C23H32N2O6/c1-28-19-5-3-18(4-6-19)25-16-17(15-20(25)26)21(27)24-10-2-7-23(8-11-29-12-9-23)22-30-13-14-31-22/h3-6,17,22H,2,7-16H2,1H3,(H,24,27)/t17-/m0/s1. The fourth-order valence-electron chi connectivity index (χ4n) is 4.78. The maximum Gasteiger partial charge on any atom is 0.227 e. The topological polar surface area (TPSA) is 86.3 Å². The third-order valence-corrected chi connectivity index (χ3v) is 6.64. The number of methoxy groups -OCH3 is 1. The van der Waals surface area contributed by atoms with Crippen LogP contribution in [0.2, 0.25) is 0 Å². The molecule has 0 saturated carbocycles. The van der Waals surface area contributed by atoms with E-state index in [0.717, 1.165) is 50.3 Å². The van der Waals surface area contributed by atoms with Gasteiger partial charge in [-0.3, -0.25) is 9.59 Å². The van der Waals surface area contributed by atoms with E-state index in [1.165, 1.54) is 0 Å². The van der Waals surface area contributed by atoms with Crippen LogP contribution in [0.25, 0.3) is 0 Å². The van der Waals surface area contributed by atoms with Crippen LogP contribution in [-0.2, 0) is 23.8 Å². The molecular formula is C23H32N2O6. The van der Waals surface area contributed by atoms with Crippen molar-refractivity contribution >= 4 is 17.5 Å². The number of rotatable bonds is 8. The van der Waals surface area contributed by atoms with Crippen LogP contribution >= 0.6 is 0 Å². The first-order valence-corrected chi connectivity index (χ1v) is 11.1. The van der Waals surface area contributed by atoms with Gasteiger partial charge in [-0.25, -0.2) is 0 Å². The van der Waals surface area contributed by atoms with Crippen LogP contribution in [-0.4, -0.2) is 64.7 Å². The maximum atomic E-state index is 12.7. The zero-order chi connectivity index (χ0) is 21.7. The van der Waals surface area contributed by atoms with Crippen LogP contribution in [0.1, 0.15) is 32.1 Å². The molecule has 0 aromatic heterocycles. The minimum atomic E-state index is -0.326. The summed E-state index contributed by atoms with van der Waals surface area (Å²) in [6.07, 6.45) is 3.67. The van der Waals surface area contributed by atoms with Crippen LogP contribution < -0.4 is 15.0 Å². The van der Waals surface area contributed by atoms with Gasteiger partial charge in [0, 0.05) is 43.8 Å². The Bertz CT molecular complexity index is 756. The fourth-order valence-corrected chi connectivity index (χ4v) is 4.78. The van der Waals surface area contributed by atoms with Crippen molar-refractivity contribution in [1.29, 1.82) is 0 Å².